The molecule has 2 heterocycles. The number of carbonyl (C=O) groups excluding carboxylic acids is 1. The van der Waals surface area contributed by atoms with Gasteiger partial charge in [0.05, 0.1) is 11.2 Å². The lowest BCUT2D eigenvalue weighted by molar-refractivity contribution is 0.102. The number of para-hydroxylation sites is 1. The largest absolute Gasteiger partial charge is 0.320 e. The summed E-state index contributed by atoms with van der Waals surface area (Å²) in [5.74, 6) is -0.238. The smallest absolute Gasteiger partial charge is 0.274 e. The summed E-state index contributed by atoms with van der Waals surface area (Å²) in [5, 5.41) is 3.75. The van der Waals surface area contributed by atoms with E-state index in [1.165, 1.54) is 0 Å². The van der Waals surface area contributed by atoms with Crippen LogP contribution in [0.3, 0.4) is 0 Å². The molecule has 5 heteroatoms. The first-order chi connectivity index (χ1) is 9.75. The Morgan fingerprint density at radius 2 is 1.90 bits per heavy atom. The highest BCUT2D eigenvalue weighted by molar-refractivity contribution is 9.10. The van der Waals surface area contributed by atoms with Gasteiger partial charge in [-0.1, -0.05) is 18.2 Å². The summed E-state index contributed by atoms with van der Waals surface area (Å²) >= 11 is 3.45. The minimum absolute atomic E-state index is 0.238. The molecule has 0 radical (unpaired) electrons. The number of halogens is 1. The fraction of sp³-hybridized carbons (Fsp3) is 0. The van der Waals surface area contributed by atoms with Crippen molar-refractivity contribution < 1.29 is 4.79 Å². The highest BCUT2D eigenvalue weighted by Crippen LogP contribution is 2.27. The standard InChI is InChI=1S/C15H10BrN3O/c16-11-5-3-4-10-12(7-9-18-14(10)11)19-15(20)13-6-1-2-8-17-13/h1-9H,(H,18,19,20). The van der Waals surface area contributed by atoms with E-state index in [1.807, 2.05) is 18.2 Å². The van der Waals surface area contributed by atoms with E-state index >= 15 is 0 Å². The number of anilines is 1. The summed E-state index contributed by atoms with van der Waals surface area (Å²) in [6.45, 7) is 0. The van der Waals surface area contributed by atoms with Crippen LogP contribution < -0.4 is 5.32 Å². The molecule has 0 atom stereocenters. The van der Waals surface area contributed by atoms with Gasteiger partial charge in [0.1, 0.15) is 5.69 Å². The number of carbonyl (C=O) groups is 1. The van der Waals surface area contributed by atoms with E-state index in [4.69, 9.17) is 0 Å². The number of amides is 1. The number of nitrogens with one attached hydrogen (secondary N) is 1. The van der Waals surface area contributed by atoms with Gasteiger partial charge in [0.25, 0.3) is 5.91 Å². The Hall–Kier alpha value is -2.27. The Balaban J connectivity index is 2.00. The van der Waals surface area contributed by atoms with Gasteiger partial charge in [0, 0.05) is 22.3 Å². The Morgan fingerprint density at radius 3 is 2.70 bits per heavy atom. The number of hydrogen-bond acceptors (Lipinski definition) is 3. The minimum Gasteiger partial charge on any atom is -0.320 e. The molecule has 0 unspecified atom stereocenters. The monoisotopic (exact) mass is 327 g/mol. The molecule has 20 heavy (non-hydrogen) atoms. The van der Waals surface area contributed by atoms with Crippen LogP contribution in [0.25, 0.3) is 10.9 Å². The van der Waals surface area contributed by atoms with Crippen molar-refractivity contribution in [2.24, 2.45) is 0 Å². The molecule has 3 rings (SSSR count). The maximum Gasteiger partial charge on any atom is 0.274 e. The van der Waals surface area contributed by atoms with Crippen molar-refractivity contribution in [3.63, 3.8) is 0 Å². The van der Waals surface area contributed by atoms with Gasteiger partial charge in [-0.3, -0.25) is 14.8 Å². The molecule has 1 amide bonds. The lowest BCUT2D eigenvalue weighted by atomic mass is 10.2. The number of nitrogens with zero attached hydrogens (tertiary/aromatic N) is 2. The predicted octanol–water partition coefficient (Wildman–Crippen LogP) is 3.64. The fourth-order valence-corrected chi connectivity index (χ4v) is 2.40. The third kappa shape index (κ3) is 2.40. The van der Waals surface area contributed by atoms with Crippen LogP contribution in [0.4, 0.5) is 5.69 Å². The van der Waals surface area contributed by atoms with E-state index in [2.05, 4.69) is 31.2 Å². The van der Waals surface area contributed by atoms with Crippen molar-refractivity contribution in [3.05, 3.63) is 65.0 Å². The molecule has 4 nitrogen and oxygen atoms in total. The van der Waals surface area contributed by atoms with Crippen LogP contribution in [-0.4, -0.2) is 15.9 Å². The predicted molar refractivity (Wildman–Crippen MR) is 81.6 cm³/mol. The Kier molecular flexibility index (Phi) is 3.43. The zero-order chi connectivity index (χ0) is 13.9. The summed E-state index contributed by atoms with van der Waals surface area (Å²) in [5.41, 5.74) is 1.91. The third-order valence-corrected chi connectivity index (χ3v) is 3.51. The summed E-state index contributed by atoms with van der Waals surface area (Å²) in [6.07, 6.45) is 3.26. The van der Waals surface area contributed by atoms with E-state index < -0.39 is 0 Å². The van der Waals surface area contributed by atoms with Gasteiger partial charge in [-0.15, -0.1) is 0 Å². The van der Waals surface area contributed by atoms with Crippen molar-refractivity contribution in [1.29, 1.82) is 0 Å². The number of hydrogen-bond donors (Lipinski definition) is 1. The molecule has 0 bridgehead atoms. The lowest BCUT2D eigenvalue weighted by Crippen LogP contribution is -2.13. The quantitative estimate of drug-likeness (QED) is 0.781. The lowest BCUT2D eigenvalue weighted by Gasteiger charge is -2.08. The van der Waals surface area contributed by atoms with E-state index in [0.717, 1.165) is 15.4 Å². The second kappa shape index (κ2) is 5.38. The Labute approximate surface area is 124 Å². The van der Waals surface area contributed by atoms with Crippen molar-refractivity contribution in [1.82, 2.24) is 9.97 Å². The van der Waals surface area contributed by atoms with E-state index in [1.54, 1.807) is 36.7 Å². The first-order valence-corrected chi connectivity index (χ1v) is 6.80. The molecular weight excluding hydrogens is 318 g/mol. The van der Waals surface area contributed by atoms with Gasteiger partial charge >= 0.3 is 0 Å². The molecule has 0 aliphatic carbocycles. The Bertz CT molecular complexity index is 774. The van der Waals surface area contributed by atoms with E-state index in [0.29, 0.717) is 11.4 Å². The number of benzene rings is 1. The van der Waals surface area contributed by atoms with Crippen LogP contribution in [0.5, 0.6) is 0 Å². The molecule has 2 aromatic heterocycles. The van der Waals surface area contributed by atoms with Gasteiger partial charge in [-0.25, -0.2) is 0 Å². The van der Waals surface area contributed by atoms with Crippen molar-refractivity contribution in [3.8, 4) is 0 Å². The minimum atomic E-state index is -0.238. The van der Waals surface area contributed by atoms with Crippen LogP contribution in [-0.2, 0) is 0 Å². The van der Waals surface area contributed by atoms with Crippen molar-refractivity contribution in [2.75, 3.05) is 5.32 Å². The molecule has 0 saturated carbocycles. The zero-order valence-corrected chi connectivity index (χ0v) is 12.0. The zero-order valence-electron chi connectivity index (χ0n) is 10.4. The summed E-state index contributed by atoms with van der Waals surface area (Å²) in [4.78, 5) is 20.5. The second-order valence-electron chi connectivity index (χ2n) is 4.16. The van der Waals surface area contributed by atoms with Crippen LogP contribution in [0.1, 0.15) is 10.5 Å². The number of fused-ring (bicyclic) bond motifs is 1. The number of rotatable bonds is 2. The van der Waals surface area contributed by atoms with E-state index in [9.17, 15) is 4.79 Å². The van der Waals surface area contributed by atoms with Gasteiger partial charge in [-0.2, -0.15) is 0 Å². The van der Waals surface area contributed by atoms with Crippen molar-refractivity contribution >= 4 is 38.4 Å². The molecule has 0 aliphatic rings. The molecule has 0 saturated heterocycles. The van der Waals surface area contributed by atoms with Crippen LogP contribution >= 0.6 is 15.9 Å². The average Bonchev–Trinajstić information content (AvgIpc) is 2.49. The van der Waals surface area contributed by atoms with Gasteiger partial charge in [0.15, 0.2) is 0 Å². The van der Waals surface area contributed by atoms with Crippen molar-refractivity contribution in [2.45, 2.75) is 0 Å². The highest BCUT2D eigenvalue weighted by atomic mass is 79.9. The van der Waals surface area contributed by atoms with Crippen LogP contribution in [0, 0.1) is 0 Å². The SMILES string of the molecule is O=C(Nc1ccnc2c(Br)cccc12)c1ccccn1. The maximum atomic E-state index is 12.1. The number of aromatic nitrogens is 2. The molecule has 3 aromatic rings. The van der Waals surface area contributed by atoms with Gasteiger partial charge in [0.2, 0.25) is 0 Å². The highest BCUT2D eigenvalue weighted by Gasteiger charge is 2.10. The van der Waals surface area contributed by atoms with Gasteiger partial charge < -0.3 is 5.32 Å². The molecule has 1 N–H and O–H groups in total. The molecular formula is C15H10BrN3O. The summed E-state index contributed by atoms with van der Waals surface area (Å²) in [6, 6.07) is 12.7. The summed E-state index contributed by atoms with van der Waals surface area (Å²) in [7, 11) is 0. The molecule has 0 spiro atoms. The molecule has 0 fully saturated rings. The van der Waals surface area contributed by atoms with E-state index in [-0.39, 0.29) is 5.91 Å². The first kappa shape index (κ1) is 12.7. The number of pyridine rings is 2. The average molecular weight is 328 g/mol. The maximum absolute atomic E-state index is 12.1. The first-order valence-electron chi connectivity index (χ1n) is 6.01. The van der Waals surface area contributed by atoms with Gasteiger partial charge in [-0.05, 0) is 40.2 Å². The topological polar surface area (TPSA) is 54.9 Å². The van der Waals surface area contributed by atoms with Crippen LogP contribution in [0.15, 0.2) is 59.3 Å². The van der Waals surface area contributed by atoms with Crippen LogP contribution in [0.2, 0.25) is 0 Å². The molecule has 98 valence electrons. The Morgan fingerprint density at radius 1 is 1.00 bits per heavy atom. The second-order valence-corrected chi connectivity index (χ2v) is 5.02. The molecule has 1 aromatic carbocycles. The summed E-state index contributed by atoms with van der Waals surface area (Å²) < 4.78 is 0.893. The normalized spacial score (nSPS) is 10.4. The fourth-order valence-electron chi connectivity index (χ4n) is 1.93. The third-order valence-electron chi connectivity index (χ3n) is 2.87. The molecule has 0 aliphatic heterocycles.